The number of anilines is 1. The van der Waals surface area contributed by atoms with E-state index in [9.17, 15) is 9.18 Å². The molecule has 2 aromatic rings. The molecule has 1 aliphatic rings. The number of aromatic amines is 1. The highest BCUT2D eigenvalue weighted by Crippen LogP contribution is 2.39. The summed E-state index contributed by atoms with van der Waals surface area (Å²) in [6, 6.07) is 8.12. The Morgan fingerprint density at radius 1 is 1.42 bits per heavy atom. The van der Waals surface area contributed by atoms with Gasteiger partial charge in [-0.3, -0.25) is 9.89 Å². The Morgan fingerprint density at radius 3 is 2.95 bits per heavy atom. The third kappa shape index (κ3) is 2.81. The first-order valence-electron chi connectivity index (χ1n) is 6.31. The van der Waals surface area contributed by atoms with Crippen LogP contribution in [0.25, 0.3) is 0 Å². The molecular weight excluding hydrogens is 245 g/mol. The van der Waals surface area contributed by atoms with Crippen LogP contribution in [0.5, 0.6) is 0 Å². The predicted octanol–water partition coefficient (Wildman–Crippen LogP) is 2.61. The number of hydrogen-bond donors (Lipinski definition) is 2. The Hall–Kier alpha value is -2.17. The summed E-state index contributed by atoms with van der Waals surface area (Å²) in [5, 5.41) is 9.62. The molecule has 0 atom stereocenters. The van der Waals surface area contributed by atoms with Crippen LogP contribution in [0.4, 0.5) is 10.2 Å². The predicted molar refractivity (Wildman–Crippen MR) is 69.3 cm³/mol. The molecule has 98 valence electrons. The minimum atomic E-state index is -0.360. The molecule has 1 aliphatic carbocycles. The summed E-state index contributed by atoms with van der Waals surface area (Å²) < 4.78 is 13.4. The van der Waals surface area contributed by atoms with E-state index < -0.39 is 0 Å². The number of benzene rings is 1. The summed E-state index contributed by atoms with van der Waals surface area (Å²) in [5.41, 5.74) is 1.38. The van der Waals surface area contributed by atoms with Gasteiger partial charge in [-0.15, -0.1) is 0 Å². The SMILES string of the molecule is O=C(Cc1ccccc1F)Nc1cc(C2CC2)n[nH]1. The quantitative estimate of drug-likeness (QED) is 0.886. The van der Waals surface area contributed by atoms with E-state index in [0.29, 0.717) is 17.3 Å². The molecule has 0 radical (unpaired) electrons. The van der Waals surface area contributed by atoms with E-state index in [2.05, 4.69) is 15.5 Å². The van der Waals surface area contributed by atoms with Crippen LogP contribution >= 0.6 is 0 Å². The van der Waals surface area contributed by atoms with Crippen LogP contribution in [0, 0.1) is 5.82 Å². The maximum absolute atomic E-state index is 13.4. The number of H-pyrrole nitrogens is 1. The van der Waals surface area contributed by atoms with Crippen molar-refractivity contribution in [1.29, 1.82) is 0 Å². The standard InChI is InChI=1S/C14H14FN3O/c15-11-4-2-1-3-10(11)7-14(19)16-13-8-12(17-18-13)9-5-6-9/h1-4,8-9H,5-7H2,(H2,16,17,18,19). The van der Waals surface area contributed by atoms with Gasteiger partial charge in [-0.05, 0) is 24.5 Å². The van der Waals surface area contributed by atoms with Gasteiger partial charge in [-0.25, -0.2) is 4.39 Å². The minimum Gasteiger partial charge on any atom is -0.311 e. The lowest BCUT2D eigenvalue weighted by Gasteiger charge is -2.03. The molecule has 2 N–H and O–H groups in total. The normalized spacial score (nSPS) is 14.4. The molecular formula is C14H14FN3O. The maximum atomic E-state index is 13.4. The van der Waals surface area contributed by atoms with Gasteiger partial charge >= 0.3 is 0 Å². The molecule has 19 heavy (non-hydrogen) atoms. The zero-order chi connectivity index (χ0) is 13.2. The van der Waals surface area contributed by atoms with Crippen LogP contribution in [0.3, 0.4) is 0 Å². The minimum absolute atomic E-state index is 0.0183. The van der Waals surface area contributed by atoms with Gasteiger partial charge in [0.2, 0.25) is 5.91 Å². The summed E-state index contributed by atoms with van der Waals surface area (Å²) in [6.45, 7) is 0. The smallest absolute Gasteiger partial charge is 0.230 e. The highest BCUT2D eigenvalue weighted by molar-refractivity contribution is 5.91. The molecule has 0 spiro atoms. The molecule has 1 aromatic carbocycles. The maximum Gasteiger partial charge on any atom is 0.230 e. The molecule has 0 aliphatic heterocycles. The van der Waals surface area contributed by atoms with Gasteiger partial charge in [0, 0.05) is 12.0 Å². The Kier molecular flexibility index (Phi) is 3.03. The number of nitrogens with zero attached hydrogens (tertiary/aromatic N) is 1. The molecule has 1 aromatic heterocycles. The molecule has 1 saturated carbocycles. The summed E-state index contributed by atoms with van der Waals surface area (Å²) in [5.74, 6) is 0.494. The third-order valence-corrected chi connectivity index (χ3v) is 3.18. The van der Waals surface area contributed by atoms with Crippen molar-refractivity contribution in [3.63, 3.8) is 0 Å². The van der Waals surface area contributed by atoms with E-state index in [1.54, 1.807) is 18.2 Å². The average molecular weight is 259 g/mol. The second-order valence-corrected chi connectivity index (χ2v) is 4.80. The second-order valence-electron chi connectivity index (χ2n) is 4.80. The first-order chi connectivity index (χ1) is 9.22. The van der Waals surface area contributed by atoms with Gasteiger partial charge in [0.1, 0.15) is 11.6 Å². The van der Waals surface area contributed by atoms with Crippen LogP contribution in [-0.2, 0) is 11.2 Å². The highest BCUT2D eigenvalue weighted by atomic mass is 19.1. The Labute approximate surface area is 110 Å². The van der Waals surface area contributed by atoms with Crippen molar-refractivity contribution in [3.8, 4) is 0 Å². The second kappa shape index (κ2) is 4.84. The summed E-state index contributed by atoms with van der Waals surface area (Å²) in [7, 11) is 0. The Bertz CT molecular complexity index is 604. The Morgan fingerprint density at radius 2 is 2.21 bits per heavy atom. The molecule has 0 bridgehead atoms. The summed E-state index contributed by atoms with van der Waals surface area (Å²) >= 11 is 0. The van der Waals surface area contributed by atoms with Crippen molar-refractivity contribution in [1.82, 2.24) is 10.2 Å². The van der Waals surface area contributed by atoms with Gasteiger partial charge in [0.15, 0.2) is 0 Å². The van der Waals surface area contributed by atoms with Gasteiger partial charge in [-0.1, -0.05) is 18.2 Å². The molecule has 1 fully saturated rings. The fourth-order valence-electron chi connectivity index (χ4n) is 2.00. The lowest BCUT2D eigenvalue weighted by molar-refractivity contribution is -0.115. The van der Waals surface area contributed by atoms with E-state index in [0.717, 1.165) is 18.5 Å². The van der Waals surface area contributed by atoms with Crippen molar-refractivity contribution in [2.75, 3.05) is 5.32 Å². The monoisotopic (exact) mass is 259 g/mol. The van der Waals surface area contributed by atoms with Crippen molar-refractivity contribution >= 4 is 11.7 Å². The van der Waals surface area contributed by atoms with Crippen LogP contribution in [-0.4, -0.2) is 16.1 Å². The highest BCUT2D eigenvalue weighted by Gasteiger charge is 2.26. The molecule has 3 rings (SSSR count). The first-order valence-corrected chi connectivity index (χ1v) is 6.31. The number of amides is 1. The molecule has 0 unspecified atom stereocenters. The van der Waals surface area contributed by atoms with Crippen LogP contribution in [0.2, 0.25) is 0 Å². The van der Waals surface area contributed by atoms with Gasteiger partial charge in [0.25, 0.3) is 0 Å². The zero-order valence-electron chi connectivity index (χ0n) is 10.3. The number of halogens is 1. The van der Waals surface area contributed by atoms with E-state index >= 15 is 0 Å². The summed E-state index contributed by atoms with van der Waals surface area (Å²) in [6.07, 6.45) is 2.34. The molecule has 0 saturated heterocycles. The van der Waals surface area contributed by atoms with Crippen molar-refractivity contribution < 1.29 is 9.18 Å². The summed E-state index contributed by atoms with van der Waals surface area (Å²) in [4.78, 5) is 11.8. The molecule has 1 amide bonds. The fourth-order valence-corrected chi connectivity index (χ4v) is 2.00. The van der Waals surface area contributed by atoms with E-state index in [1.807, 2.05) is 6.07 Å². The zero-order valence-corrected chi connectivity index (χ0v) is 10.3. The molecule has 5 heteroatoms. The van der Waals surface area contributed by atoms with E-state index in [1.165, 1.54) is 6.07 Å². The Balaban J connectivity index is 1.62. The van der Waals surface area contributed by atoms with Crippen molar-refractivity contribution in [2.24, 2.45) is 0 Å². The lowest BCUT2D eigenvalue weighted by Crippen LogP contribution is -2.15. The number of carbonyl (C=O) groups excluding carboxylic acids is 1. The third-order valence-electron chi connectivity index (χ3n) is 3.18. The van der Waals surface area contributed by atoms with Crippen LogP contribution < -0.4 is 5.32 Å². The lowest BCUT2D eigenvalue weighted by atomic mass is 10.1. The van der Waals surface area contributed by atoms with Crippen molar-refractivity contribution in [2.45, 2.75) is 25.2 Å². The van der Waals surface area contributed by atoms with E-state index in [-0.39, 0.29) is 18.1 Å². The number of hydrogen-bond acceptors (Lipinski definition) is 2. The number of carbonyl (C=O) groups is 1. The fraction of sp³-hybridized carbons (Fsp3) is 0.286. The molecule has 1 heterocycles. The van der Waals surface area contributed by atoms with Crippen molar-refractivity contribution in [3.05, 3.63) is 47.4 Å². The van der Waals surface area contributed by atoms with Gasteiger partial charge in [0.05, 0.1) is 12.1 Å². The van der Waals surface area contributed by atoms with E-state index in [4.69, 9.17) is 0 Å². The number of nitrogens with one attached hydrogen (secondary N) is 2. The average Bonchev–Trinajstić information content (AvgIpc) is 3.14. The van der Waals surface area contributed by atoms with Gasteiger partial charge in [-0.2, -0.15) is 5.10 Å². The van der Waals surface area contributed by atoms with Gasteiger partial charge < -0.3 is 5.32 Å². The van der Waals surface area contributed by atoms with Crippen LogP contribution in [0.15, 0.2) is 30.3 Å². The topological polar surface area (TPSA) is 57.8 Å². The number of rotatable bonds is 4. The van der Waals surface area contributed by atoms with Crippen LogP contribution in [0.1, 0.15) is 30.0 Å². The molecule has 4 nitrogen and oxygen atoms in total. The first kappa shape index (κ1) is 11.9. The number of aromatic nitrogens is 2. The largest absolute Gasteiger partial charge is 0.311 e.